The van der Waals surface area contributed by atoms with E-state index in [1.807, 2.05) is 0 Å². The van der Waals surface area contributed by atoms with Gasteiger partial charge in [-0.1, -0.05) is 72.8 Å². The highest BCUT2D eigenvalue weighted by molar-refractivity contribution is 5.83. The van der Waals surface area contributed by atoms with Gasteiger partial charge in [-0.25, -0.2) is 0 Å². The molecule has 3 heteroatoms. The number of aryl methyl sites for hydroxylation is 1. The number of carbonyl (C=O) groups is 1. The van der Waals surface area contributed by atoms with Gasteiger partial charge >= 0.3 is 0 Å². The van der Waals surface area contributed by atoms with Crippen molar-refractivity contribution in [3.63, 3.8) is 0 Å². The number of nitrogens with one attached hydrogen (secondary N) is 1. The highest BCUT2D eigenvalue weighted by atomic mass is 16.1. The number of carbonyl (C=O) groups excluding carboxylic acids is 1. The topological polar surface area (TPSA) is 32.3 Å². The van der Waals surface area contributed by atoms with Crippen LogP contribution in [0.4, 0.5) is 0 Å². The number of amides is 1. The van der Waals surface area contributed by atoms with Crippen molar-refractivity contribution in [1.29, 1.82) is 0 Å². The zero-order valence-electron chi connectivity index (χ0n) is 16.7. The number of fused-ring (bicyclic) bond motifs is 1. The molecule has 3 nitrogen and oxygen atoms in total. The molecule has 0 fully saturated rings. The molecule has 0 radical (unpaired) electrons. The summed E-state index contributed by atoms with van der Waals surface area (Å²) in [5.41, 5.74) is 2.75. The molecule has 0 bridgehead atoms. The molecular weight excluding hydrogens is 344 g/mol. The molecule has 28 heavy (non-hydrogen) atoms. The third-order valence-corrected chi connectivity index (χ3v) is 5.12. The lowest BCUT2D eigenvalue weighted by molar-refractivity contribution is -0.119. The largest absolute Gasteiger partial charge is 0.355 e. The lowest BCUT2D eigenvalue weighted by Gasteiger charge is -2.22. The predicted octanol–water partition coefficient (Wildman–Crippen LogP) is 4.45. The Hall–Kier alpha value is -2.65. The predicted molar refractivity (Wildman–Crippen MR) is 118 cm³/mol. The van der Waals surface area contributed by atoms with Crippen molar-refractivity contribution in [2.75, 3.05) is 26.2 Å². The standard InChI is InChI=1S/C25H30N2O/c1-21(28)26-16-19-27(17-7-10-22-8-3-2-4-9-22)18-15-23-13-14-24-11-5-6-12-25(24)20-23/h2-6,8-9,11-14,20H,7,10,15-19H2,1H3,(H,26,28). The van der Waals surface area contributed by atoms with Crippen LogP contribution in [0.2, 0.25) is 0 Å². The summed E-state index contributed by atoms with van der Waals surface area (Å²) in [6.07, 6.45) is 3.24. The van der Waals surface area contributed by atoms with Gasteiger partial charge in [0.25, 0.3) is 0 Å². The number of hydrogen-bond donors (Lipinski definition) is 1. The number of hydrogen-bond acceptors (Lipinski definition) is 2. The fourth-order valence-corrected chi connectivity index (χ4v) is 3.56. The van der Waals surface area contributed by atoms with E-state index in [4.69, 9.17) is 0 Å². The molecule has 1 N–H and O–H groups in total. The van der Waals surface area contributed by atoms with Gasteiger partial charge in [-0.2, -0.15) is 0 Å². The molecule has 3 aromatic rings. The highest BCUT2D eigenvalue weighted by Gasteiger charge is 2.07. The van der Waals surface area contributed by atoms with Crippen LogP contribution in [0.1, 0.15) is 24.5 Å². The summed E-state index contributed by atoms with van der Waals surface area (Å²) >= 11 is 0. The second kappa shape index (κ2) is 10.6. The number of rotatable bonds is 10. The maximum absolute atomic E-state index is 11.2. The minimum absolute atomic E-state index is 0.0405. The Kier molecular flexibility index (Phi) is 7.62. The molecule has 0 aliphatic heterocycles. The molecule has 0 aromatic heterocycles. The summed E-state index contributed by atoms with van der Waals surface area (Å²) in [5.74, 6) is 0.0405. The molecule has 0 saturated heterocycles. The highest BCUT2D eigenvalue weighted by Crippen LogP contribution is 2.16. The van der Waals surface area contributed by atoms with E-state index in [9.17, 15) is 4.79 Å². The summed E-state index contributed by atoms with van der Waals surface area (Å²) in [5, 5.41) is 5.51. The molecule has 0 atom stereocenters. The molecule has 0 unspecified atom stereocenters. The van der Waals surface area contributed by atoms with Crippen molar-refractivity contribution >= 4 is 16.7 Å². The molecule has 0 heterocycles. The van der Waals surface area contributed by atoms with Gasteiger partial charge in [-0.15, -0.1) is 0 Å². The normalized spacial score (nSPS) is 11.1. The first-order valence-corrected chi connectivity index (χ1v) is 10.2. The minimum Gasteiger partial charge on any atom is -0.355 e. The van der Waals surface area contributed by atoms with Gasteiger partial charge < -0.3 is 10.2 Å². The summed E-state index contributed by atoms with van der Waals surface area (Å²) < 4.78 is 0. The lowest BCUT2D eigenvalue weighted by Crippen LogP contribution is -2.36. The van der Waals surface area contributed by atoms with Gasteiger partial charge in [0.1, 0.15) is 0 Å². The van der Waals surface area contributed by atoms with Crippen LogP contribution in [0, 0.1) is 0 Å². The van der Waals surface area contributed by atoms with Gasteiger partial charge in [0.05, 0.1) is 0 Å². The molecular formula is C25H30N2O. The molecule has 0 spiro atoms. The van der Waals surface area contributed by atoms with Gasteiger partial charge in [0, 0.05) is 26.6 Å². The van der Waals surface area contributed by atoms with E-state index < -0.39 is 0 Å². The van der Waals surface area contributed by atoms with Crippen molar-refractivity contribution in [3.05, 3.63) is 83.9 Å². The average molecular weight is 375 g/mol. The average Bonchev–Trinajstić information content (AvgIpc) is 2.72. The maximum Gasteiger partial charge on any atom is 0.216 e. The van der Waals surface area contributed by atoms with Gasteiger partial charge in [0.15, 0.2) is 0 Å². The second-order valence-electron chi connectivity index (χ2n) is 7.35. The fourth-order valence-electron chi connectivity index (χ4n) is 3.56. The van der Waals surface area contributed by atoms with Crippen LogP contribution >= 0.6 is 0 Å². The van der Waals surface area contributed by atoms with Crippen molar-refractivity contribution < 1.29 is 4.79 Å². The quantitative estimate of drug-likeness (QED) is 0.568. The summed E-state index contributed by atoms with van der Waals surface area (Å²) in [4.78, 5) is 13.7. The van der Waals surface area contributed by atoms with E-state index in [0.717, 1.165) is 38.9 Å². The first kappa shape index (κ1) is 20.1. The minimum atomic E-state index is 0.0405. The van der Waals surface area contributed by atoms with E-state index >= 15 is 0 Å². The Morgan fingerprint density at radius 1 is 0.786 bits per heavy atom. The lowest BCUT2D eigenvalue weighted by atomic mass is 10.0. The molecule has 146 valence electrons. The van der Waals surface area contributed by atoms with Crippen LogP contribution in [0.25, 0.3) is 10.8 Å². The Morgan fingerprint density at radius 3 is 2.32 bits per heavy atom. The molecule has 0 saturated carbocycles. The van der Waals surface area contributed by atoms with Crippen molar-refractivity contribution in [2.45, 2.75) is 26.2 Å². The van der Waals surface area contributed by atoms with E-state index in [-0.39, 0.29) is 5.91 Å². The van der Waals surface area contributed by atoms with Crippen LogP contribution < -0.4 is 5.32 Å². The van der Waals surface area contributed by atoms with Gasteiger partial charge in [-0.3, -0.25) is 4.79 Å². The third-order valence-electron chi connectivity index (χ3n) is 5.12. The zero-order chi connectivity index (χ0) is 19.6. The van der Waals surface area contributed by atoms with Crippen LogP contribution in [0.5, 0.6) is 0 Å². The smallest absolute Gasteiger partial charge is 0.216 e. The first-order valence-electron chi connectivity index (χ1n) is 10.2. The van der Waals surface area contributed by atoms with Crippen molar-refractivity contribution in [2.24, 2.45) is 0 Å². The van der Waals surface area contributed by atoms with E-state index in [0.29, 0.717) is 6.54 Å². The van der Waals surface area contributed by atoms with Crippen LogP contribution in [0.3, 0.4) is 0 Å². The monoisotopic (exact) mass is 374 g/mol. The van der Waals surface area contributed by atoms with E-state index in [1.165, 1.54) is 21.9 Å². The van der Waals surface area contributed by atoms with E-state index in [1.54, 1.807) is 6.92 Å². The number of nitrogens with zero attached hydrogens (tertiary/aromatic N) is 1. The van der Waals surface area contributed by atoms with Gasteiger partial charge in [-0.05, 0) is 47.7 Å². The zero-order valence-corrected chi connectivity index (χ0v) is 16.7. The third kappa shape index (κ3) is 6.50. The Labute approximate surface area is 168 Å². The summed E-state index contributed by atoms with van der Waals surface area (Å²) in [7, 11) is 0. The van der Waals surface area contributed by atoms with Crippen LogP contribution in [-0.2, 0) is 17.6 Å². The number of benzene rings is 3. The van der Waals surface area contributed by atoms with Gasteiger partial charge in [0.2, 0.25) is 5.91 Å². The molecule has 3 rings (SSSR count). The van der Waals surface area contributed by atoms with Crippen molar-refractivity contribution in [3.8, 4) is 0 Å². The molecule has 3 aromatic carbocycles. The molecule has 0 aliphatic rings. The first-order chi connectivity index (χ1) is 13.7. The van der Waals surface area contributed by atoms with E-state index in [2.05, 4.69) is 83.0 Å². The molecule has 0 aliphatic carbocycles. The second-order valence-corrected chi connectivity index (χ2v) is 7.35. The summed E-state index contributed by atoms with van der Waals surface area (Å²) in [6, 6.07) is 25.9. The Bertz CT molecular complexity index is 876. The summed E-state index contributed by atoms with van der Waals surface area (Å²) in [6.45, 7) is 5.23. The Balaban J connectivity index is 1.54. The maximum atomic E-state index is 11.2. The molecule has 1 amide bonds. The van der Waals surface area contributed by atoms with Crippen LogP contribution in [0.15, 0.2) is 72.8 Å². The SMILES string of the molecule is CC(=O)NCCN(CCCc1ccccc1)CCc1ccc2ccccc2c1. The fraction of sp³-hybridized carbons (Fsp3) is 0.320. The van der Waals surface area contributed by atoms with Crippen LogP contribution in [-0.4, -0.2) is 37.0 Å². The Morgan fingerprint density at radius 2 is 1.54 bits per heavy atom. The van der Waals surface area contributed by atoms with Crippen molar-refractivity contribution in [1.82, 2.24) is 10.2 Å².